The Labute approximate surface area is 184 Å². The van der Waals surface area contributed by atoms with Crippen LogP contribution in [0.15, 0.2) is 18.2 Å². The van der Waals surface area contributed by atoms with Gasteiger partial charge in [0.1, 0.15) is 5.75 Å². The maximum atomic E-state index is 10.4. The van der Waals surface area contributed by atoms with Crippen LogP contribution in [0.4, 0.5) is 0 Å². The fourth-order valence-corrected chi connectivity index (χ4v) is 2.68. The molecule has 178 valence electrons. The van der Waals surface area contributed by atoms with Crippen molar-refractivity contribution in [2.24, 2.45) is 0 Å². The largest absolute Gasteiger partial charge is 0.507 e. The topological polar surface area (TPSA) is 94.1 Å². The number of rotatable bonds is 0. The fraction of sp³-hybridized carbons (Fsp3) is 0.727. The summed E-state index contributed by atoms with van der Waals surface area (Å²) in [4.78, 5) is 0. The third-order valence-electron chi connectivity index (χ3n) is 4.32. The standard InChI is InChI=1S/C22H36O9/c23-22-20-2-1-3-21(22)19-31-17-15-29-13-11-27-9-7-25-5-4-24-6-8-26-10-12-28-14-16-30-18-20/h1-3,23H,4-19H2. The summed E-state index contributed by atoms with van der Waals surface area (Å²) in [6.45, 7) is 7.54. The van der Waals surface area contributed by atoms with Crippen molar-refractivity contribution >= 4 is 0 Å². The summed E-state index contributed by atoms with van der Waals surface area (Å²) in [6, 6.07) is 5.55. The number of aromatic hydroxyl groups is 1. The van der Waals surface area contributed by atoms with Crippen LogP contribution in [-0.2, 0) is 51.1 Å². The number of fused-ring (bicyclic) bond motifs is 2. The molecule has 1 aliphatic rings. The van der Waals surface area contributed by atoms with Crippen molar-refractivity contribution in [2.45, 2.75) is 13.2 Å². The van der Waals surface area contributed by atoms with Gasteiger partial charge in [0.05, 0.1) is 106 Å². The predicted octanol–water partition coefficient (Wildman–Crippen LogP) is 1.54. The van der Waals surface area contributed by atoms with Crippen LogP contribution in [0, 0.1) is 0 Å². The average Bonchev–Trinajstić information content (AvgIpc) is 2.78. The van der Waals surface area contributed by atoms with E-state index in [1.165, 1.54) is 0 Å². The van der Waals surface area contributed by atoms with Gasteiger partial charge in [-0.2, -0.15) is 0 Å². The number of phenolic OH excluding ortho intramolecular Hbond substituents is 1. The summed E-state index contributed by atoms with van der Waals surface area (Å²) < 4.78 is 43.9. The Kier molecular flexibility index (Phi) is 15.3. The third-order valence-corrected chi connectivity index (χ3v) is 4.32. The Hall–Kier alpha value is -1.30. The predicted molar refractivity (Wildman–Crippen MR) is 112 cm³/mol. The van der Waals surface area contributed by atoms with Crippen LogP contribution in [0.5, 0.6) is 5.75 Å². The molecule has 0 atom stereocenters. The molecule has 0 amide bonds. The number of hydrogen-bond acceptors (Lipinski definition) is 9. The van der Waals surface area contributed by atoms with Gasteiger partial charge in [-0.25, -0.2) is 0 Å². The highest BCUT2D eigenvalue weighted by Crippen LogP contribution is 2.23. The summed E-state index contributed by atoms with van der Waals surface area (Å²) in [5.41, 5.74) is 1.44. The van der Waals surface area contributed by atoms with Crippen molar-refractivity contribution in [1.82, 2.24) is 0 Å². The van der Waals surface area contributed by atoms with E-state index in [0.29, 0.717) is 106 Å². The van der Waals surface area contributed by atoms with Gasteiger partial charge in [-0.3, -0.25) is 0 Å². The molecule has 1 aromatic carbocycles. The molecule has 1 heterocycles. The number of phenols is 1. The maximum absolute atomic E-state index is 10.4. The minimum absolute atomic E-state index is 0.202. The first kappa shape index (κ1) is 26.0. The van der Waals surface area contributed by atoms with Gasteiger partial charge in [0.2, 0.25) is 0 Å². The molecule has 2 bridgehead atoms. The van der Waals surface area contributed by atoms with Gasteiger partial charge in [0.25, 0.3) is 0 Å². The Morgan fingerprint density at radius 2 is 0.677 bits per heavy atom. The van der Waals surface area contributed by atoms with Gasteiger partial charge in [-0.05, 0) is 0 Å². The van der Waals surface area contributed by atoms with Crippen LogP contribution >= 0.6 is 0 Å². The number of ether oxygens (including phenoxy) is 8. The van der Waals surface area contributed by atoms with E-state index in [2.05, 4.69) is 0 Å². The van der Waals surface area contributed by atoms with Crippen LogP contribution in [0.3, 0.4) is 0 Å². The van der Waals surface area contributed by atoms with Crippen LogP contribution in [0.2, 0.25) is 0 Å². The van der Waals surface area contributed by atoms with E-state index in [0.717, 1.165) is 11.1 Å². The smallest absolute Gasteiger partial charge is 0.126 e. The molecule has 0 fully saturated rings. The molecule has 0 spiro atoms. The average molecular weight is 445 g/mol. The number of benzene rings is 1. The zero-order chi connectivity index (χ0) is 21.8. The molecule has 1 N–H and O–H groups in total. The molecule has 9 nitrogen and oxygen atoms in total. The van der Waals surface area contributed by atoms with Crippen LogP contribution in [0.1, 0.15) is 11.1 Å². The lowest BCUT2D eigenvalue weighted by Gasteiger charge is -2.11. The van der Waals surface area contributed by atoms with Gasteiger partial charge in [-0.15, -0.1) is 0 Å². The Bertz CT molecular complexity index is 512. The molecule has 0 unspecified atom stereocenters. The van der Waals surface area contributed by atoms with E-state index in [9.17, 15) is 5.11 Å². The lowest BCUT2D eigenvalue weighted by atomic mass is 10.1. The van der Waals surface area contributed by atoms with Crippen LogP contribution in [-0.4, -0.2) is 97.6 Å². The van der Waals surface area contributed by atoms with E-state index in [1.807, 2.05) is 18.2 Å². The minimum Gasteiger partial charge on any atom is -0.507 e. The van der Waals surface area contributed by atoms with Gasteiger partial charge in [-0.1, -0.05) is 18.2 Å². The highest BCUT2D eigenvalue weighted by atomic mass is 16.6. The van der Waals surface area contributed by atoms with Gasteiger partial charge in [0, 0.05) is 11.1 Å². The van der Waals surface area contributed by atoms with Crippen molar-refractivity contribution in [1.29, 1.82) is 0 Å². The van der Waals surface area contributed by atoms with Crippen molar-refractivity contribution in [3.05, 3.63) is 29.3 Å². The minimum atomic E-state index is 0.202. The van der Waals surface area contributed by atoms with Gasteiger partial charge < -0.3 is 43.0 Å². The second kappa shape index (κ2) is 18.3. The fourth-order valence-electron chi connectivity index (χ4n) is 2.68. The summed E-state index contributed by atoms with van der Waals surface area (Å²) in [7, 11) is 0. The molecular weight excluding hydrogens is 408 g/mol. The molecule has 0 aromatic heterocycles. The lowest BCUT2D eigenvalue weighted by molar-refractivity contribution is -0.0238. The van der Waals surface area contributed by atoms with Crippen LogP contribution < -0.4 is 0 Å². The summed E-state index contributed by atoms with van der Waals surface area (Å²) >= 11 is 0. The third kappa shape index (κ3) is 13.0. The molecule has 2 rings (SSSR count). The molecule has 31 heavy (non-hydrogen) atoms. The Morgan fingerprint density at radius 1 is 0.419 bits per heavy atom. The summed E-state index contributed by atoms with van der Waals surface area (Å²) in [5.74, 6) is 0.202. The first-order chi connectivity index (χ1) is 15.4. The van der Waals surface area contributed by atoms with E-state index >= 15 is 0 Å². The zero-order valence-electron chi connectivity index (χ0n) is 18.3. The summed E-state index contributed by atoms with van der Waals surface area (Å²) in [6.07, 6.45) is 0. The molecule has 1 aliphatic heterocycles. The molecular formula is C22H36O9. The van der Waals surface area contributed by atoms with Crippen LogP contribution in [0.25, 0.3) is 0 Å². The first-order valence-corrected chi connectivity index (χ1v) is 10.8. The lowest BCUT2D eigenvalue weighted by Crippen LogP contribution is -2.14. The Morgan fingerprint density at radius 3 is 0.968 bits per heavy atom. The first-order valence-electron chi connectivity index (χ1n) is 10.8. The van der Waals surface area contributed by atoms with Crippen molar-refractivity contribution < 1.29 is 43.0 Å². The zero-order valence-corrected chi connectivity index (χ0v) is 18.3. The number of para-hydroxylation sites is 1. The molecule has 1 aromatic rings. The normalized spacial score (nSPS) is 21.2. The molecule has 0 aliphatic carbocycles. The number of hydrogen-bond donors (Lipinski definition) is 1. The van der Waals surface area contributed by atoms with E-state index in [-0.39, 0.29) is 5.75 Å². The van der Waals surface area contributed by atoms with Crippen molar-refractivity contribution in [3.63, 3.8) is 0 Å². The van der Waals surface area contributed by atoms with Crippen molar-refractivity contribution in [3.8, 4) is 5.75 Å². The highest BCUT2D eigenvalue weighted by molar-refractivity contribution is 5.39. The molecule has 0 radical (unpaired) electrons. The van der Waals surface area contributed by atoms with E-state index in [1.54, 1.807) is 0 Å². The van der Waals surface area contributed by atoms with Crippen molar-refractivity contribution in [2.75, 3.05) is 92.5 Å². The highest BCUT2D eigenvalue weighted by Gasteiger charge is 2.07. The summed E-state index contributed by atoms with van der Waals surface area (Å²) in [5, 5.41) is 10.4. The quantitative estimate of drug-likeness (QED) is 0.639. The molecule has 0 saturated heterocycles. The van der Waals surface area contributed by atoms with Gasteiger partial charge >= 0.3 is 0 Å². The van der Waals surface area contributed by atoms with Gasteiger partial charge in [0.15, 0.2) is 0 Å². The molecule has 9 heteroatoms. The van der Waals surface area contributed by atoms with E-state index in [4.69, 9.17) is 37.9 Å². The molecule has 0 saturated carbocycles. The SMILES string of the molecule is Oc1c2cccc1COCCOCCOCCOCCOCCOCCOCCOC2. The van der Waals surface area contributed by atoms with E-state index < -0.39 is 0 Å². The maximum Gasteiger partial charge on any atom is 0.126 e. The monoisotopic (exact) mass is 444 g/mol. The Balaban J connectivity index is 1.68. The second-order valence-corrected chi connectivity index (χ2v) is 6.70. The second-order valence-electron chi connectivity index (χ2n) is 6.70.